The van der Waals surface area contributed by atoms with E-state index in [9.17, 15) is 5.11 Å². The maximum absolute atomic E-state index is 9.18. The third-order valence-corrected chi connectivity index (χ3v) is 4.79. The van der Waals surface area contributed by atoms with E-state index in [1.54, 1.807) is 14.2 Å². The van der Waals surface area contributed by atoms with E-state index in [1.165, 1.54) is 5.56 Å². The molecule has 5 heteroatoms. The van der Waals surface area contributed by atoms with Crippen LogP contribution in [0.15, 0.2) is 16.6 Å². The van der Waals surface area contributed by atoms with E-state index in [4.69, 9.17) is 9.47 Å². The first-order valence-corrected chi connectivity index (χ1v) is 7.71. The maximum Gasteiger partial charge on any atom is 0.175 e. The monoisotopic (exact) mass is 343 g/mol. The standard InChI is InChI=1S/C15H22BrNO3/c1-19-13-4-3-12(14(16)15(13)20-2)9-17-7-5-11(10-18)6-8-17/h3-4,11,18H,5-10H2,1-2H3. The normalized spacial score (nSPS) is 17.2. The molecule has 0 aliphatic carbocycles. The predicted octanol–water partition coefficient (Wildman–Crippen LogP) is 2.67. The summed E-state index contributed by atoms with van der Waals surface area (Å²) in [5.74, 6) is 1.96. The summed E-state index contributed by atoms with van der Waals surface area (Å²) in [6.07, 6.45) is 2.14. The van der Waals surface area contributed by atoms with Crippen LogP contribution in [0.25, 0.3) is 0 Å². The van der Waals surface area contributed by atoms with Crippen LogP contribution in [0.2, 0.25) is 0 Å². The number of aliphatic hydroxyl groups excluding tert-OH is 1. The maximum atomic E-state index is 9.18. The van der Waals surface area contributed by atoms with Crippen LogP contribution in [0.3, 0.4) is 0 Å². The average Bonchev–Trinajstić information content (AvgIpc) is 2.49. The Morgan fingerprint density at radius 3 is 2.50 bits per heavy atom. The fourth-order valence-electron chi connectivity index (χ4n) is 2.62. The highest BCUT2D eigenvalue weighted by atomic mass is 79.9. The largest absolute Gasteiger partial charge is 0.493 e. The Labute approximate surface area is 128 Å². The minimum absolute atomic E-state index is 0.313. The van der Waals surface area contributed by atoms with Crippen LogP contribution >= 0.6 is 15.9 Å². The Morgan fingerprint density at radius 2 is 1.95 bits per heavy atom. The second kappa shape index (κ2) is 7.29. The Kier molecular flexibility index (Phi) is 5.69. The summed E-state index contributed by atoms with van der Waals surface area (Å²) < 4.78 is 11.7. The number of aliphatic hydroxyl groups is 1. The Morgan fingerprint density at radius 1 is 1.25 bits per heavy atom. The number of hydrogen-bond acceptors (Lipinski definition) is 4. The fraction of sp³-hybridized carbons (Fsp3) is 0.600. The third-order valence-electron chi connectivity index (χ3n) is 3.92. The summed E-state index contributed by atoms with van der Waals surface area (Å²) in [6.45, 7) is 3.27. The number of halogens is 1. The second-order valence-corrected chi connectivity index (χ2v) is 5.97. The molecule has 0 saturated carbocycles. The lowest BCUT2D eigenvalue weighted by Gasteiger charge is -2.31. The van der Waals surface area contributed by atoms with Crippen LogP contribution in [0.4, 0.5) is 0 Å². The number of hydrogen-bond donors (Lipinski definition) is 1. The molecule has 0 spiro atoms. The van der Waals surface area contributed by atoms with Crippen molar-refractivity contribution in [3.8, 4) is 11.5 Å². The molecule has 0 radical (unpaired) electrons. The molecular formula is C15H22BrNO3. The number of piperidine rings is 1. The minimum Gasteiger partial charge on any atom is -0.493 e. The zero-order valence-corrected chi connectivity index (χ0v) is 13.6. The first kappa shape index (κ1) is 15.6. The van der Waals surface area contributed by atoms with Crippen molar-refractivity contribution in [2.45, 2.75) is 19.4 Å². The molecule has 2 rings (SSSR count). The molecule has 1 N–H and O–H groups in total. The van der Waals surface area contributed by atoms with Crippen LogP contribution in [-0.4, -0.2) is 43.9 Å². The van der Waals surface area contributed by atoms with Crippen molar-refractivity contribution < 1.29 is 14.6 Å². The first-order valence-electron chi connectivity index (χ1n) is 6.92. The molecule has 0 bridgehead atoms. The molecule has 0 amide bonds. The minimum atomic E-state index is 0.313. The van der Waals surface area contributed by atoms with Crippen molar-refractivity contribution in [1.82, 2.24) is 4.90 Å². The molecule has 1 aromatic carbocycles. The molecule has 112 valence electrons. The van der Waals surface area contributed by atoms with Crippen LogP contribution in [0.5, 0.6) is 11.5 Å². The van der Waals surface area contributed by atoms with Crippen molar-refractivity contribution >= 4 is 15.9 Å². The van der Waals surface area contributed by atoms with Gasteiger partial charge in [-0.15, -0.1) is 0 Å². The van der Waals surface area contributed by atoms with Crippen molar-refractivity contribution in [3.05, 3.63) is 22.2 Å². The van der Waals surface area contributed by atoms with Gasteiger partial charge in [0.2, 0.25) is 0 Å². The zero-order chi connectivity index (χ0) is 14.5. The van der Waals surface area contributed by atoms with E-state index >= 15 is 0 Å². The molecule has 1 fully saturated rings. The van der Waals surface area contributed by atoms with Gasteiger partial charge in [-0.05, 0) is 59.4 Å². The molecule has 0 unspecified atom stereocenters. The van der Waals surface area contributed by atoms with E-state index < -0.39 is 0 Å². The summed E-state index contributed by atoms with van der Waals surface area (Å²) in [7, 11) is 3.29. The van der Waals surface area contributed by atoms with Gasteiger partial charge in [0.25, 0.3) is 0 Å². The smallest absolute Gasteiger partial charge is 0.175 e. The van der Waals surface area contributed by atoms with Gasteiger partial charge in [0.1, 0.15) is 0 Å². The number of likely N-dealkylation sites (tertiary alicyclic amines) is 1. The number of benzene rings is 1. The number of nitrogens with zero attached hydrogens (tertiary/aromatic N) is 1. The van der Waals surface area contributed by atoms with Crippen LogP contribution in [0.1, 0.15) is 18.4 Å². The Balaban J connectivity index is 2.07. The Hall–Kier alpha value is -0.780. The zero-order valence-electron chi connectivity index (χ0n) is 12.1. The van der Waals surface area contributed by atoms with Crippen LogP contribution in [-0.2, 0) is 6.54 Å². The quantitative estimate of drug-likeness (QED) is 0.892. The van der Waals surface area contributed by atoms with Gasteiger partial charge in [0.05, 0.1) is 18.7 Å². The van der Waals surface area contributed by atoms with Gasteiger partial charge >= 0.3 is 0 Å². The van der Waals surface area contributed by atoms with Crippen molar-refractivity contribution in [1.29, 1.82) is 0 Å². The SMILES string of the molecule is COc1ccc(CN2CCC(CO)CC2)c(Br)c1OC. The summed E-state index contributed by atoms with van der Waals surface area (Å²) in [4.78, 5) is 2.41. The molecule has 0 aromatic heterocycles. The molecule has 1 saturated heterocycles. The third kappa shape index (κ3) is 3.45. The van der Waals surface area contributed by atoms with E-state index in [2.05, 4.69) is 26.9 Å². The number of rotatable bonds is 5. The highest BCUT2D eigenvalue weighted by Gasteiger charge is 2.20. The molecule has 0 atom stereocenters. The lowest BCUT2D eigenvalue weighted by atomic mass is 9.97. The molecule has 1 aliphatic rings. The molecule has 1 heterocycles. The number of methoxy groups -OCH3 is 2. The molecule has 1 aromatic rings. The van der Waals surface area contributed by atoms with Crippen LogP contribution < -0.4 is 9.47 Å². The Bertz CT molecular complexity index is 445. The lowest BCUT2D eigenvalue weighted by Crippen LogP contribution is -2.34. The molecule has 1 aliphatic heterocycles. The van der Waals surface area contributed by atoms with E-state index in [-0.39, 0.29) is 0 Å². The van der Waals surface area contributed by atoms with Crippen molar-refractivity contribution in [3.63, 3.8) is 0 Å². The van der Waals surface area contributed by atoms with Gasteiger partial charge in [-0.3, -0.25) is 4.90 Å². The van der Waals surface area contributed by atoms with Crippen molar-refractivity contribution in [2.24, 2.45) is 5.92 Å². The van der Waals surface area contributed by atoms with Gasteiger partial charge in [-0.25, -0.2) is 0 Å². The van der Waals surface area contributed by atoms with Crippen LogP contribution in [0, 0.1) is 5.92 Å². The highest BCUT2D eigenvalue weighted by Crippen LogP contribution is 2.38. The van der Waals surface area contributed by atoms with E-state index in [0.717, 1.165) is 48.4 Å². The van der Waals surface area contributed by atoms with Gasteiger partial charge in [0, 0.05) is 13.2 Å². The van der Waals surface area contributed by atoms with Crippen molar-refractivity contribution in [2.75, 3.05) is 33.9 Å². The molecule has 20 heavy (non-hydrogen) atoms. The summed E-state index contributed by atoms with van der Waals surface area (Å²) in [5.41, 5.74) is 1.20. The van der Waals surface area contributed by atoms with E-state index in [0.29, 0.717) is 12.5 Å². The second-order valence-electron chi connectivity index (χ2n) is 5.18. The molecule has 4 nitrogen and oxygen atoms in total. The van der Waals surface area contributed by atoms with Gasteiger partial charge in [0.15, 0.2) is 11.5 Å². The average molecular weight is 344 g/mol. The van der Waals surface area contributed by atoms with E-state index in [1.807, 2.05) is 6.07 Å². The number of ether oxygens (including phenoxy) is 2. The summed E-state index contributed by atoms with van der Waals surface area (Å²) in [6, 6.07) is 4.02. The fourth-order valence-corrected chi connectivity index (χ4v) is 3.24. The summed E-state index contributed by atoms with van der Waals surface area (Å²) >= 11 is 3.61. The lowest BCUT2D eigenvalue weighted by molar-refractivity contribution is 0.127. The summed E-state index contributed by atoms with van der Waals surface area (Å²) in [5, 5.41) is 9.18. The van der Waals surface area contributed by atoms with Gasteiger partial charge < -0.3 is 14.6 Å². The molecular weight excluding hydrogens is 322 g/mol. The highest BCUT2D eigenvalue weighted by molar-refractivity contribution is 9.10. The predicted molar refractivity (Wildman–Crippen MR) is 82.3 cm³/mol. The topological polar surface area (TPSA) is 41.9 Å². The van der Waals surface area contributed by atoms with Gasteiger partial charge in [-0.1, -0.05) is 6.07 Å². The first-order chi connectivity index (χ1) is 9.69. The van der Waals surface area contributed by atoms with Gasteiger partial charge in [-0.2, -0.15) is 0 Å².